The molecule has 0 saturated carbocycles. The maximum atomic E-state index is 6.23. The second kappa shape index (κ2) is 5.46. The Kier molecular flexibility index (Phi) is 4.13. The molecule has 0 spiro atoms. The van der Waals surface area contributed by atoms with Crippen molar-refractivity contribution < 1.29 is 9.31 Å². The second-order valence-electron chi connectivity index (χ2n) is 5.60. The number of hydrogen-bond donors (Lipinski definition) is 0. The molecular formula is C15H24BO2-. The van der Waals surface area contributed by atoms with Gasteiger partial charge in [0.15, 0.2) is 0 Å². The predicted octanol–water partition coefficient (Wildman–Crippen LogP) is 3.27. The van der Waals surface area contributed by atoms with Crippen LogP contribution in [0, 0.1) is 6.92 Å². The molecule has 2 nitrogen and oxygen atoms in total. The molecule has 100 valence electrons. The van der Waals surface area contributed by atoms with Gasteiger partial charge in [-0.05, 0) is 20.8 Å². The van der Waals surface area contributed by atoms with Gasteiger partial charge in [-0.15, -0.1) is 6.32 Å². The first-order valence-corrected chi connectivity index (χ1v) is 7.16. The van der Waals surface area contributed by atoms with Gasteiger partial charge in [-0.1, -0.05) is 49.6 Å². The molecule has 1 aliphatic heterocycles. The van der Waals surface area contributed by atoms with E-state index in [0.717, 1.165) is 12.7 Å². The molecule has 0 N–H and O–H groups in total. The van der Waals surface area contributed by atoms with E-state index in [1.54, 1.807) is 0 Å². The summed E-state index contributed by atoms with van der Waals surface area (Å²) in [4.78, 5) is 0. The first-order chi connectivity index (χ1) is 8.57. The third-order valence-corrected chi connectivity index (χ3v) is 4.05. The van der Waals surface area contributed by atoms with Gasteiger partial charge in [-0.25, -0.2) is 0 Å². The zero-order valence-electron chi connectivity index (χ0n) is 12.0. The Bertz CT molecular complexity index is 378. The van der Waals surface area contributed by atoms with E-state index in [0.29, 0.717) is 0 Å². The SMILES string of the molecule is CCCC[B-]1(c2ccc(C)cc2)OC(C)C(C)O1. The Labute approximate surface area is 111 Å². The van der Waals surface area contributed by atoms with E-state index >= 15 is 0 Å². The summed E-state index contributed by atoms with van der Waals surface area (Å²) in [6.45, 7) is 7.26. The van der Waals surface area contributed by atoms with E-state index < -0.39 is 6.55 Å². The zero-order valence-corrected chi connectivity index (χ0v) is 12.0. The lowest BCUT2D eigenvalue weighted by Gasteiger charge is -2.36. The van der Waals surface area contributed by atoms with Crippen LogP contribution >= 0.6 is 0 Å². The number of benzene rings is 1. The molecule has 2 rings (SSSR count). The van der Waals surface area contributed by atoms with Crippen LogP contribution in [0.25, 0.3) is 0 Å². The number of rotatable bonds is 4. The summed E-state index contributed by atoms with van der Waals surface area (Å²) < 4.78 is 12.5. The Hall–Kier alpha value is -0.795. The summed E-state index contributed by atoms with van der Waals surface area (Å²) >= 11 is 0. The van der Waals surface area contributed by atoms with E-state index in [1.165, 1.54) is 17.4 Å². The Morgan fingerprint density at radius 1 is 1.06 bits per heavy atom. The van der Waals surface area contributed by atoms with Crippen molar-refractivity contribution in [2.24, 2.45) is 0 Å². The monoisotopic (exact) mass is 247 g/mol. The largest absolute Gasteiger partial charge is 0.560 e. The summed E-state index contributed by atoms with van der Waals surface area (Å²) in [5.41, 5.74) is 2.49. The topological polar surface area (TPSA) is 18.5 Å². The van der Waals surface area contributed by atoms with Crippen LogP contribution in [-0.4, -0.2) is 18.8 Å². The standard InChI is InChI=1S/C15H24BO2/c1-5-6-11-16(17-13(3)14(4)18-16)15-9-7-12(2)8-10-15/h7-10,13-14H,5-6,11H2,1-4H3/q-1. The minimum absolute atomic E-state index is 0.183. The van der Waals surface area contributed by atoms with Gasteiger partial charge in [0.1, 0.15) is 0 Å². The van der Waals surface area contributed by atoms with Crippen LogP contribution in [-0.2, 0) is 9.31 Å². The summed E-state index contributed by atoms with van der Waals surface area (Å²) in [7, 11) is 0. The molecule has 3 heteroatoms. The Morgan fingerprint density at radius 2 is 1.61 bits per heavy atom. The Balaban J connectivity index is 2.28. The van der Waals surface area contributed by atoms with Crippen LogP contribution in [0.15, 0.2) is 24.3 Å². The van der Waals surface area contributed by atoms with E-state index in [9.17, 15) is 0 Å². The van der Waals surface area contributed by atoms with Crippen LogP contribution in [0.3, 0.4) is 0 Å². The lowest BCUT2D eigenvalue weighted by atomic mass is 9.48. The third-order valence-electron chi connectivity index (χ3n) is 4.05. The van der Waals surface area contributed by atoms with Crippen LogP contribution in [0.5, 0.6) is 0 Å². The van der Waals surface area contributed by atoms with Crippen molar-refractivity contribution in [3.05, 3.63) is 29.8 Å². The van der Waals surface area contributed by atoms with Crippen LogP contribution < -0.4 is 5.46 Å². The molecule has 18 heavy (non-hydrogen) atoms. The number of hydrogen-bond acceptors (Lipinski definition) is 2. The highest BCUT2D eigenvalue weighted by molar-refractivity contribution is 6.81. The highest BCUT2D eigenvalue weighted by Crippen LogP contribution is 2.29. The maximum absolute atomic E-state index is 6.23. The molecule has 0 aromatic heterocycles. The fraction of sp³-hybridized carbons (Fsp3) is 0.600. The third kappa shape index (κ3) is 2.62. The van der Waals surface area contributed by atoms with Gasteiger partial charge in [-0.3, -0.25) is 0 Å². The first-order valence-electron chi connectivity index (χ1n) is 7.16. The lowest BCUT2D eigenvalue weighted by molar-refractivity contribution is 0.187. The van der Waals surface area contributed by atoms with E-state index in [4.69, 9.17) is 9.31 Å². The molecule has 0 bridgehead atoms. The highest BCUT2D eigenvalue weighted by Gasteiger charge is 2.38. The molecular weight excluding hydrogens is 223 g/mol. The summed E-state index contributed by atoms with van der Waals surface area (Å²) in [5, 5.41) is 0. The van der Waals surface area contributed by atoms with Gasteiger partial charge in [-0.2, -0.15) is 5.46 Å². The van der Waals surface area contributed by atoms with Crippen LogP contribution in [0.2, 0.25) is 6.32 Å². The fourth-order valence-electron chi connectivity index (χ4n) is 2.74. The molecule has 2 unspecified atom stereocenters. The van der Waals surface area contributed by atoms with Crippen LogP contribution in [0.4, 0.5) is 0 Å². The van der Waals surface area contributed by atoms with E-state index in [2.05, 4.69) is 52.0 Å². The van der Waals surface area contributed by atoms with Gasteiger partial charge in [0.05, 0.1) is 0 Å². The molecule has 0 amide bonds. The predicted molar refractivity (Wildman–Crippen MR) is 77.4 cm³/mol. The zero-order chi connectivity index (χ0) is 13.2. The summed E-state index contributed by atoms with van der Waals surface area (Å²) in [5.74, 6) is 0. The fourth-order valence-corrected chi connectivity index (χ4v) is 2.74. The molecule has 1 aliphatic rings. The summed E-state index contributed by atoms with van der Waals surface area (Å²) in [6.07, 6.45) is 3.68. The Morgan fingerprint density at radius 3 is 2.11 bits per heavy atom. The van der Waals surface area contributed by atoms with E-state index in [-0.39, 0.29) is 12.2 Å². The van der Waals surface area contributed by atoms with Gasteiger partial charge < -0.3 is 9.31 Å². The molecule has 0 radical (unpaired) electrons. The molecule has 2 atom stereocenters. The molecule has 1 heterocycles. The molecule has 1 aromatic rings. The number of unbranched alkanes of at least 4 members (excludes halogenated alkanes) is 1. The van der Waals surface area contributed by atoms with Crippen molar-refractivity contribution in [1.29, 1.82) is 0 Å². The van der Waals surface area contributed by atoms with Crippen LogP contribution in [0.1, 0.15) is 39.2 Å². The van der Waals surface area contributed by atoms with Gasteiger partial charge in [0.2, 0.25) is 0 Å². The molecule has 1 fully saturated rings. The van der Waals surface area contributed by atoms with Gasteiger partial charge >= 0.3 is 0 Å². The van der Waals surface area contributed by atoms with Crippen molar-refractivity contribution in [2.45, 2.75) is 59.1 Å². The second-order valence-corrected chi connectivity index (χ2v) is 5.60. The average molecular weight is 247 g/mol. The van der Waals surface area contributed by atoms with Crippen molar-refractivity contribution in [2.75, 3.05) is 0 Å². The maximum Gasteiger partial charge on any atom is 0.270 e. The molecule has 0 aliphatic carbocycles. The minimum atomic E-state index is -1.27. The van der Waals surface area contributed by atoms with Crippen molar-refractivity contribution in [3.63, 3.8) is 0 Å². The van der Waals surface area contributed by atoms with Crippen molar-refractivity contribution in [1.82, 2.24) is 0 Å². The van der Waals surface area contributed by atoms with Gasteiger partial charge in [0.25, 0.3) is 6.55 Å². The normalized spacial score (nSPS) is 31.8. The summed E-state index contributed by atoms with van der Waals surface area (Å²) in [6, 6.07) is 8.61. The van der Waals surface area contributed by atoms with Gasteiger partial charge in [0, 0.05) is 12.2 Å². The van der Waals surface area contributed by atoms with Crippen molar-refractivity contribution in [3.8, 4) is 0 Å². The number of aryl methyl sites for hydroxylation is 1. The first kappa shape index (κ1) is 13.6. The molecule has 1 aromatic carbocycles. The lowest BCUT2D eigenvalue weighted by Crippen LogP contribution is -2.50. The van der Waals surface area contributed by atoms with E-state index in [1.807, 2.05) is 0 Å². The van der Waals surface area contributed by atoms with Crippen molar-refractivity contribution >= 4 is 12.0 Å². The minimum Gasteiger partial charge on any atom is -0.560 e. The average Bonchev–Trinajstić information content (AvgIpc) is 2.64. The molecule has 1 saturated heterocycles. The quantitative estimate of drug-likeness (QED) is 0.760. The smallest absolute Gasteiger partial charge is 0.270 e. The highest BCUT2D eigenvalue weighted by atomic mass is 16.7.